The second-order valence-electron chi connectivity index (χ2n) is 5.42. The Bertz CT molecular complexity index is 591. The summed E-state index contributed by atoms with van der Waals surface area (Å²) in [6.45, 7) is 4.69. The van der Waals surface area contributed by atoms with Gasteiger partial charge < -0.3 is 14.6 Å². The summed E-state index contributed by atoms with van der Waals surface area (Å²) in [5.41, 5.74) is -0.0290. The van der Waals surface area contributed by atoms with Crippen molar-refractivity contribution in [3.8, 4) is 0 Å². The average Bonchev–Trinajstić information content (AvgIpc) is 2.80. The molecule has 2 N–H and O–H groups in total. The van der Waals surface area contributed by atoms with Crippen molar-refractivity contribution < 1.29 is 18.3 Å². The molecular formula is C13H23N3O4S. The molecule has 1 aromatic heterocycles. The fraction of sp³-hybridized carbons (Fsp3) is 0.615. The smallest absolute Gasteiger partial charge is 0.352 e. The molecule has 0 atom stereocenters. The SMILES string of the molecule is CC(C)n1cc(S(=O)(=O)NCCCN(C)C)cc1C(=O)O. The van der Waals surface area contributed by atoms with E-state index in [1.54, 1.807) is 13.8 Å². The topological polar surface area (TPSA) is 91.6 Å². The first-order valence-corrected chi connectivity index (χ1v) is 8.23. The van der Waals surface area contributed by atoms with Gasteiger partial charge in [0.05, 0.1) is 0 Å². The number of nitrogens with zero attached hydrogens (tertiary/aromatic N) is 2. The highest BCUT2D eigenvalue weighted by Crippen LogP contribution is 2.18. The van der Waals surface area contributed by atoms with E-state index in [1.807, 2.05) is 19.0 Å². The molecular weight excluding hydrogens is 294 g/mol. The van der Waals surface area contributed by atoms with Crippen LogP contribution in [0.25, 0.3) is 0 Å². The van der Waals surface area contributed by atoms with Gasteiger partial charge in [-0.1, -0.05) is 0 Å². The standard InChI is InChI=1S/C13H23N3O4S/c1-10(2)16-9-11(8-12(16)13(17)18)21(19,20)14-6-5-7-15(3)4/h8-10,14H,5-7H2,1-4H3,(H,17,18). The van der Waals surface area contributed by atoms with Crippen LogP contribution in [-0.4, -0.2) is 56.1 Å². The van der Waals surface area contributed by atoms with Crippen LogP contribution in [0.2, 0.25) is 0 Å². The number of aromatic carboxylic acids is 1. The molecule has 1 aromatic rings. The second kappa shape index (κ2) is 7.06. The van der Waals surface area contributed by atoms with Crippen molar-refractivity contribution in [1.82, 2.24) is 14.2 Å². The van der Waals surface area contributed by atoms with Gasteiger partial charge in [0.25, 0.3) is 0 Å². The van der Waals surface area contributed by atoms with Crippen LogP contribution in [0.3, 0.4) is 0 Å². The van der Waals surface area contributed by atoms with Crippen LogP contribution >= 0.6 is 0 Å². The van der Waals surface area contributed by atoms with Crippen LogP contribution in [0, 0.1) is 0 Å². The first-order chi connectivity index (χ1) is 9.65. The van der Waals surface area contributed by atoms with Crippen molar-refractivity contribution in [2.45, 2.75) is 31.2 Å². The minimum absolute atomic E-state index is 0.0153. The molecule has 7 nitrogen and oxygen atoms in total. The van der Waals surface area contributed by atoms with Crippen molar-refractivity contribution in [2.24, 2.45) is 0 Å². The maximum absolute atomic E-state index is 12.2. The fourth-order valence-electron chi connectivity index (χ4n) is 1.88. The number of rotatable bonds is 8. The average molecular weight is 317 g/mol. The van der Waals surface area contributed by atoms with Crippen LogP contribution in [0.5, 0.6) is 0 Å². The Kier molecular flexibility index (Phi) is 5.94. The van der Waals surface area contributed by atoms with Crippen LogP contribution in [0.4, 0.5) is 0 Å². The predicted octanol–water partition coefficient (Wildman–Crippen LogP) is 0.997. The normalized spacial score (nSPS) is 12.3. The molecule has 0 aromatic carbocycles. The lowest BCUT2D eigenvalue weighted by Crippen LogP contribution is -2.27. The Hall–Kier alpha value is -1.38. The maximum atomic E-state index is 12.2. The summed E-state index contributed by atoms with van der Waals surface area (Å²) in [4.78, 5) is 13.1. The van der Waals surface area contributed by atoms with Crippen molar-refractivity contribution >= 4 is 16.0 Å². The first-order valence-electron chi connectivity index (χ1n) is 6.74. The minimum Gasteiger partial charge on any atom is -0.477 e. The number of carboxylic acid groups (broad SMARTS) is 1. The molecule has 0 unspecified atom stereocenters. The molecule has 0 aliphatic heterocycles. The Morgan fingerprint density at radius 2 is 2.05 bits per heavy atom. The summed E-state index contributed by atoms with van der Waals surface area (Å²) in [6, 6.07) is 1.06. The van der Waals surface area contributed by atoms with Crippen LogP contribution in [-0.2, 0) is 10.0 Å². The van der Waals surface area contributed by atoms with Gasteiger partial charge in [-0.25, -0.2) is 17.9 Å². The van der Waals surface area contributed by atoms with Crippen molar-refractivity contribution in [2.75, 3.05) is 27.2 Å². The Labute approximate surface area is 125 Å². The number of carbonyl (C=O) groups is 1. The van der Waals surface area contributed by atoms with E-state index < -0.39 is 16.0 Å². The molecule has 0 aliphatic carbocycles. The second-order valence-corrected chi connectivity index (χ2v) is 7.19. The zero-order valence-corrected chi connectivity index (χ0v) is 13.6. The van der Waals surface area contributed by atoms with E-state index in [9.17, 15) is 13.2 Å². The number of carboxylic acids is 1. The third kappa shape index (κ3) is 4.83. The Balaban J connectivity index is 2.88. The van der Waals surface area contributed by atoms with E-state index >= 15 is 0 Å². The molecule has 0 saturated heterocycles. The number of hydrogen-bond donors (Lipinski definition) is 2. The van der Waals surface area contributed by atoms with Crippen molar-refractivity contribution in [3.63, 3.8) is 0 Å². The molecule has 0 bridgehead atoms. The summed E-state index contributed by atoms with van der Waals surface area (Å²) in [5.74, 6) is -1.14. The molecule has 0 spiro atoms. The molecule has 1 heterocycles. The third-order valence-corrected chi connectivity index (χ3v) is 4.41. The zero-order valence-electron chi connectivity index (χ0n) is 12.8. The van der Waals surface area contributed by atoms with E-state index in [0.29, 0.717) is 13.0 Å². The van der Waals surface area contributed by atoms with E-state index in [4.69, 9.17) is 5.11 Å². The van der Waals surface area contributed by atoms with Gasteiger partial charge in [-0.15, -0.1) is 0 Å². The molecule has 120 valence electrons. The van der Waals surface area contributed by atoms with E-state index in [1.165, 1.54) is 16.8 Å². The van der Waals surface area contributed by atoms with Gasteiger partial charge in [-0.2, -0.15) is 0 Å². The molecule has 0 saturated carbocycles. The van der Waals surface area contributed by atoms with E-state index in [-0.39, 0.29) is 16.6 Å². The molecule has 0 fully saturated rings. The number of nitrogens with one attached hydrogen (secondary N) is 1. The summed E-state index contributed by atoms with van der Waals surface area (Å²) in [7, 11) is 0.147. The van der Waals surface area contributed by atoms with Gasteiger partial charge in [0.15, 0.2) is 0 Å². The summed E-state index contributed by atoms with van der Waals surface area (Å²) >= 11 is 0. The number of hydrogen-bond acceptors (Lipinski definition) is 4. The molecule has 1 rings (SSSR count). The lowest BCUT2D eigenvalue weighted by molar-refractivity contribution is 0.0683. The maximum Gasteiger partial charge on any atom is 0.352 e. The van der Waals surface area contributed by atoms with E-state index in [0.717, 1.165) is 6.54 Å². The molecule has 0 radical (unpaired) electrons. The summed E-state index contributed by atoms with van der Waals surface area (Å²) < 4.78 is 28.2. The van der Waals surface area contributed by atoms with Crippen molar-refractivity contribution in [3.05, 3.63) is 18.0 Å². The van der Waals surface area contributed by atoms with Crippen LogP contribution in [0.15, 0.2) is 17.2 Å². The lowest BCUT2D eigenvalue weighted by atomic mass is 10.3. The highest BCUT2D eigenvalue weighted by atomic mass is 32.2. The largest absolute Gasteiger partial charge is 0.477 e. The summed E-state index contributed by atoms with van der Waals surface area (Å²) in [6.07, 6.45) is 2.05. The quantitative estimate of drug-likeness (QED) is 0.698. The highest BCUT2D eigenvalue weighted by molar-refractivity contribution is 7.89. The minimum atomic E-state index is -3.68. The Morgan fingerprint density at radius 3 is 2.48 bits per heavy atom. The highest BCUT2D eigenvalue weighted by Gasteiger charge is 2.22. The predicted molar refractivity (Wildman–Crippen MR) is 80.1 cm³/mol. The monoisotopic (exact) mass is 317 g/mol. The van der Waals surface area contributed by atoms with Gasteiger partial charge in [0.2, 0.25) is 10.0 Å². The number of aromatic nitrogens is 1. The van der Waals surface area contributed by atoms with Gasteiger partial charge in [0.1, 0.15) is 10.6 Å². The lowest BCUT2D eigenvalue weighted by Gasteiger charge is -2.10. The summed E-state index contributed by atoms with van der Waals surface area (Å²) in [5, 5.41) is 9.13. The molecule has 0 amide bonds. The van der Waals surface area contributed by atoms with Gasteiger partial charge in [-0.3, -0.25) is 0 Å². The molecule has 8 heteroatoms. The molecule has 0 aliphatic rings. The Morgan fingerprint density at radius 1 is 1.43 bits per heavy atom. The van der Waals surface area contributed by atoms with Gasteiger partial charge >= 0.3 is 5.97 Å². The number of sulfonamides is 1. The third-order valence-electron chi connectivity index (χ3n) is 2.98. The van der Waals surface area contributed by atoms with Crippen LogP contribution < -0.4 is 4.72 Å². The first kappa shape index (κ1) is 17.7. The van der Waals surface area contributed by atoms with Crippen molar-refractivity contribution in [1.29, 1.82) is 0 Å². The molecule has 21 heavy (non-hydrogen) atoms. The van der Waals surface area contributed by atoms with E-state index in [2.05, 4.69) is 4.72 Å². The zero-order chi connectivity index (χ0) is 16.2. The van der Waals surface area contributed by atoms with Gasteiger partial charge in [0, 0.05) is 18.8 Å². The van der Waals surface area contributed by atoms with Gasteiger partial charge in [-0.05, 0) is 47.0 Å². The van der Waals surface area contributed by atoms with Crippen LogP contribution in [0.1, 0.15) is 36.8 Å². The fourth-order valence-corrected chi connectivity index (χ4v) is 2.98.